The van der Waals surface area contributed by atoms with Gasteiger partial charge in [0.1, 0.15) is 11.4 Å². The van der Waals surface area contributed by atoms with Crippen LogP contribution in [-0.2, 0) is 23.9 Å². The Bertz CT molecular complexity index is 761. The number of amides is 2. The van der Waals surface area contributed by atoms with Crippen molar-refractivity contribution in [3.63, 3.8) is 0 Å². The summed E-state index contributed by atoms with van der Waals surface area (Å²) in [5.74, 6) is -2.13. The minimum Gasteiger partial charge on any atom is -0.460 e. The maximum Gasteiger partial charge on any atom is 0.306 e. The van der Waals surface area contributed by atoms with E-state index >= 15 is 0 Å². The SMILES string of the molecule is C[C@H](CC(=O)C[C@H](CC(=O)NC(C)(C)C)CC(=O)OC(C)(C)C)C(=O)Nc1ccccc1. The minimum atomic E-state index is -0.649. The lowest BCUT2D eigenvalue weighted by molar-refractivity contribution is -0.156. The maximum atomic E-state index is 12.7. The first-order valence-corrected chi connectivity index (χ1v) is 11.0. The highest BCUT2D eigenvalue weighted by atomic mass is 16.6. The Morgan fingerprint density at radius 1 is 0.875 bits per heavy atom. The van der Waals surface area contributed by atoms with E-state index in [0.29, 0.717) is 5.69 Å². The van der Waals surface area contributed by atoms with Crippen LogP contribution in [0.25, 0.3) is 0 Å². The zero-order valence-corrected chi connectivity index (χ0v) is 20.4. The smallest absolute Gasteiger partial charge is 0.306 e. The second-order valence-corrected chi connectivity index (χ2v) is 10.4. The molecular formula is C25H38N2O5. The molecule has 0 aromatic heterocycles. The van der Waals surface area contributed by atoms with E-state index in [1.165, 1.54) is 0 Å². The Balaban J connectivity index is 2.74. The molecule has 7 heteroatoms. The molecule has 0 spiro atoms. The number of ether oxygens (including phenoxy) is 1. The molecular weight excluding hydrogens is 408 g/mol. The first kappa shape index (κ1) is 27.3. The molecule has 2 amide bonds. The van der Waals surface area contributed by atoms with Crippen LogP contribution in [0.1, 0.15) is 74.1 Å². The third-order valence-corrected chi connectivity index (χ3v) is 4.40. The van der Waals surface area contributed by atoms with Crippen LogP contribution in [0.3, 0.4) is 0 Å². The van der Waals surface area contributed by atoms with Crippen LogP contribution < -0.4 is 10.6 Å². The van der Waals surface area contributed by atoms with E-state index in [1.54, 1.807) is 39.8 Å². The number of ketones is 1. The average molecular weight is 447 g/mol. The molecule has 0 radical (unpaired) electrons. The van der Waals surface area contributed by atoms with Crippen LogP contribution in [0.15, 0.2) is 30.3 Å². The van der Waals surface area contributed by atoms with Crippen LogP contribution in [0.2, 0.25) is 0 Å². The summed E-state index contributed by atoms with van der Waals surface area (Å²) in [4.78, 5) is 49.8. The van der Waals surface area contributed by atoms with Crippen molar-refractivity contribution in [3.8, 4) is 0 Å². The zero-order chi connectivity index (χ0) is 24.5. The first-order chi connectivity index (χ1) is 14.6. The van der Waals surface area contributed by atoms with Crippen molar-refractivity contribution in [3.05, 3.63) is 30.3 Å². The molecule has 2 N–H and O–H groups in total. The van der Waals surface area contributed by atoms with E-state index < -0.39 is 28.9 Å². The van der Waals surface area contributed by atoms with Gasteiger partial charge in [-0.15, -0.1) is 0 Å². The highest BCUT2D eigenvalue weighted by Gasteiger charge is 2.27. The van der Waals surface area contributed by atoms with Gasteiger partial charge >= 0.3 is 5.97 Å². The summed E-state index contributed by atoms with van der Waals surface area (Å²) in [5.41, 5.74) is -0.399. The number of nitrogens with one attached hydrogen (secondary N) is 2. The number of hydrogen-bond acceptors (Lipinski definition) is 5. The molecule has 32 heavy (non-hydrogen) atoms. The van der Waals surface area contributed by atoms with Crippen molar-refractivity contribution in [2.24, 2.45) is 11.8 Å². The molecule has 0 unspecified atom stereocenters. The van der Waals surface area contributed by atoms with Gasteiger partial charge in [-0.05, 0) is 59.6 Å². The van der Waals surface area contributed by atoms with Gasteiger partial charge in [-0.25, -0.2) is 0 Å². The Labute approximate surface area is 191 Å². The van der Waals surface area contributed by atoms with Crippen molar-refractivity contribution in [1.29, 1.82) is 0 Å². The number of hydrogen-bond donors (Lipinski definition) is 2. The monoisotopic (exact) mass is 446 g/mol. The van der Waals surface area contributed by atoms with Crippen LogP contribution in [0.4, 0.5) is 5.69 Å². The van der Waals surface area contributed by atoms with E-state index in [0.717, 1.165) is 0 Å². The van der Waals surface area contributed by atoms with E-state index in [9.17, 15) is 19.2 Å². The van der Waals surface area contributed by atoms with Gasteiger partial charge in [-0.2, -0.15) is 0 Å². The second kappa shape index (κ2) is 11.8. The van der Waals surface area contributed by atoms with Gasteiger partial charge in [-0.1, -0.05) is 25.1 Å². The molecule has 0 bridgehead atoms. The van der Waals surface area contributed by atoms with Gasteiger partial charge in [0, 0.05) is 42.8 Å². The lowest BCUT2D eigenvalue weighted by Crippen LogP contribution is -2.41. The quantitative estimate of drug-likeness (QED) is 0.523. The van der Waals surface area contributed by atoms with Gasteiger partial charge in [0.05, 0.1) is 0 Å². The molecule has 0 aliphatic rings. The lowest BCUT2D eigenvalue weighted by atomic mass is 9.90. The van der Waals surface area contributed by atoms with Gasteiger partial charge in [0.2, 0.25) is 11.8 Å². The minimum absolute atomic E-state index is 0.0275. The summed E-state index contributed by atoms with van der Waals surface area (Å²) in [6.45, 7) is 12.6. The fourth-order valence-corrected chi connectivity index (χ4v) is 3.19. The molecule has 0 heterocycles. The van der Waals surface area contributed by atoms with Crippen molar-refractivity contribution < 1.29 is 23.9 Å². The first-order valence-electron chi connectivity index (χ1n) is 11.0. The van der Waals surface area contributed by atoms with Gasteiger partial charge in [0.25, 0.3) is 0 Å². The van der Waals surface area contributed by atoms with Crippen LogP contribution in [-0.4, -0.2) is 34.7 Å². The molecule has 0 fully saturated rings. The molecule has 0 aliphatic carbocycles. The Hall–Kier alpha value is -2.70. The Morgan fingerprint density at radius 2 is 1.47 bits per heavy atom. The fourth-order valence-electron chi connectivity index (χ4n) is 3.19. The zero-order valence-electron chi connectivity index (χ0n) is 20.4. The molecule has 1 aromatic rings. The van der Waals surface area contributed by atoms with Crippen LogP contribution >= 0.6 is 0 Å². The largest absolute Gasteiger partial charge is 0.460 e. The average Bonchev–Trinajstić information content (AvgIpc) is 2.58. The van der Waals surface area contributed by atoms with Crippen molar-refractivity contribution in [1.82, 2.24) is 5.32 Å². The van der Waals surface area contributed by atoms with E-state index in [1.807, 2.05) is 39.0 Å². The fraction of sp³-hybridized carbons (Fsp3) is 0.600. The number of Topliss-reactive ketones (excluding diaryl/α,β-unsaturated/α-hetero) is 1. The van der Waals surface area contributed by atoms with E-state index in [4.69, 9.17) is 4.74 Å². The van der Waals surface area contributed by atoms with Crippen molar-refractivity contribution in [2.45, 2.75) is 85.3 Å². The topological polar surface area (TPSA) is 102 Å². The summed E-state index contributed by atoms with van der Waals surface area (Å²) in [6, 6.07) is 9.03. The summed E-state index contributed by atoms with van der Waals surface area (Å²) >= 11 is 0. The molecule has 1 aromatic carbocycles. The second-order valence-electron chi connectivity index (χ2n) is 10.4. The third-order valence-electron chi connectivity index (χ3n) is 4.40. The highest BCUT2D eigenvalue weighted by Crippen LogP contribution is 2.21. The third kappa shape index (κ3) is 12.2. The Kier molecular flexibility index (Phi) is 10.1. The molecule has 0 aliphatic heterocycles. The molecule has 7 nitrogen and oxygen atoms in total. The molecule has 1 rings (SSSR count). The van der Waals surface area contributed by atoms with Crippen molar-refractivity contribution >= 4 is 29.3 Å². The van der Waals surface area contributed by atoms with Gasteiger partial charge in [0.15, 0.2) is 0 Å². The summed E-state index contributed by atoms with van der Waals surface area (Å²) < 4.78 is 5.37. The maximum absolute atomic E-state index is 12.7. The Morgan fingerprint density at radius 3 is 2.00 bits per heavy atom. The van der Waals surface area contributed by atoms with E-state index in [2.05, 4.69) is 10.6 Å². The van der Waals surface area contributed by atoms with Crippen LogP contribution in [0, 0.1) is 11.8 Å². The number of rotatable bonds is 10. The number of para-hydroxylation sites is 1. The number of benzene rings is 1. The number of carbonyl (C=O) groups excluding carboxylic acids is 4. The van der Waals surface area contributed by atoms with Gasteiger partial charge < -0.3 is 15.4 Å². The normalized spacial score (nSPS) is 13.6. The molecule has 0 saturated carbocycles. The van der Waals surface area contributed by atoms with E-state index in [-0.39, 0.29) is 43.3 Å². The molecule has 0 saturated heterocycles. The summed E-state index contributed by atoms with van der Waals surface area (Å²) in [5, 5.41) is 5.65. The molecule has 2 atom stereocenters. The predicted octanol–water partition coefficient (Wildman–Crippen LogP) is 4.26. The summed E-state index contributed by atoms with van der Waals surface area (Å²) in [7, 11) is 0. The highest BCUT2D eigenvalue weighted by molar-refractivity contribution is 5.95. The lowest BCUT2D eigenvalue weighted by Gasteiger charge is -2.24. The predicted molar refractivity (Wildman–Crippen MR) is 125 cm³/mol. The number of esters is 1. The summed E-state index contributed by atoms with van der Waals surface area (Å²) in [6.07, 6.45) is 0.0577. The number of carbonyl (C=O) groups is 4. The van der Waals surface area contributed by atoms with Crippen LogP contribution in [0.5, 0.6) is 0 Å². The number of anilines is 1. The molecule has 178 valence electrons. The van der Waals surface area contributed by atoms with Crippen molar-refractivity contribution in [2.75, 3.05) is 5.32 Å². The van der Waals surface area contributed by atoms with Gasteiger partial charge in [-0.3, -0.25) is 19.2 Å². The standard InChI is InChI=1S/C25H38N2O5/c1-17(23(31)26-19-11-9-8-10-12-19)13-20(28)14-18(15-21(29)27-24(2,3)4)16-22(30)32-25(5,6)7/h8-12,17-18H,13-16H2,1-7H3,(H,26,31)(H,27,29)/t17-,18-/m1/s1.